The van der Waals surface area contributed by atoms with E-state index in [1.807, 2.05) is 0 Å². The Labute approximate surface area is 87.4 Å². The van der Waals surface area contributed by atoms with Gasteiger partial charge in [-0.3, -0.25) is 0 Å². The average molecular weight is 197 g/mol. The zero-order valence-corrected chi connectivity index (χ0v) is 9.13. The SMILES string of the molecule is C1CCCC(OCCC2CNC2)CC1. The second-order valence-electron chi connectivity index (χ2n) is 4.80. The summed E-state index contributed by atoms with van der Waals surface area (Å²) < 4.78 is 5.94. The van der Waals surface area contributed by atoms with Crippen LogP contribution >= 0.6 is 0 Å². The first-order valence-electron chi connectivity index (χ1n) is 6.27. The molecule has 2 rings (SSSR count). The van der Waals surface area contributed by atoms with Crippen molar-refractivity contribution < 1.29 is 4.74 Å². The number of hydrogen-bond donors (Lipinski definition) is 1. The van der Waals surface area contributed by atoms with Gasteiger partial charge in [-0.25, -0.2) is 0 Å². The molecule has 2 fully saturated rings. The molecular formula is C12H23NO. The molecule has 0 atom stereocenters. The van der Waals surface area contributed by atoms with Gasteiger partial charge in [0.1, 0.15) is 0 Å². The molecule has 1 saturated carbocycles. The van der Waals surface area contributed by atoms with Gasteiger partial charge in [0.15, 0.2) is 0 Å². The molecule has 2 aliphatic rings. The molecule has 0 aromatic carbocycles. The van der Waals surface area contributed by atoms with E-state index in [-0.39, 0.29) is 0 Å². The maximum Gasteiger partial charge on any atom is 0.0575 e. The van der Waals surface area contributed by atoms with Crippen molar-refractivity contribution >= 4 is 0 Å². The molecule has 2 nitrogen and oxygen atoms in total. The van der Waals surface area contributed by atoms with Gasteiger partial charge in [-0.15, -0.1) is 0 Å². The van der Waals surface area contributed by atoms with E-state index >= 15 is 0 Å². The highest BCUT2D eigenvalue weighted by Gasteiger charge is 2.17. The topological polar surface area (TPSA) is 21.3 Å². The third-order valence-corrected chi connectivity index (χ3v) is 3.55. The minimum atomic E-state index is 0.588. The Hall–Kier alpha value is -0.0800. The lowest BCUT2D eigenvalue weighted by atomic mass is 10.0. The van der Waals surface area contributed by atoms with E-state index in [1.165, 1.54) is 58.0 Å². The molecule has 0 bridgehead atoms. The summed E-state index contributed by atoms with van der Waals surface area (Å²) in [7, 11) is 0. The summed E-state index contributed by atoms with van der Waals surface area (Å²) in [5.41, 5.74) is 0. The van der Waals surface area contributed by atoms with Gasteiger partial charge in [-0.2, -0.15) is 0 Å². The molecule has 14 heavy (non-hydrogen) atoms. The highest BCUT2D eigenvalue weighted by molar-refractivity contribution is 4.74. The molecule has 2 heteroatoms. The van der Waals surface area contributed by atoms with Crippen molar-refractivity contribution in [3.63, 3.8) is 0 Å². The molecule has 0 unspecified atom stereocenters. The molecule has 1 heterocycles. The van der Waals surface area contributed by atoms with Crippen LogP contribution in [0.15, 0.2) is 0 Å². The highest BCUT2D eigenvalue weighted by atomic mass is 16.5. The van der Waals surface area contributed by atoms with Crippen molar-refractivity contribution in [3.05, 3.63) is 0 Å². The Morgan fingerprint density at radius 3 is 2.29 bits per heavy atom. The van der Waals surface area contributed by atoms with Crippen LogP contribution in [0.4, 0.5) is 0 Å². The predicted octanol–water partition coefficient (Wildman–Crippen LogP) is 2.34. The number of rotatable bonds is 4. The Bertz CT molecular complexity index is 148. The lowest BCUT2D eigenvalue weighted by molar-refractivity contribution is 0.0314. The zero-order chi connectivity index (χ0) is 9.64. The first kappa shape index (κ1) is 10.4. The van der Waals surface area contributed by atoms with E-state index < -0.39 is 0 Å². The molecular weight excluding hydrogens is 174 g/mol. The normalized spacial score (nSPS) is 25.7. The van der Waals surface area contributed by atoms with Gasteiger partial charge in [-0.05, 0) is 38.3 Å². The fraction of sp³-hybridized carbons (Fsp3) is 1.00. The first-order valence-corrected chi connectivity index (χ1v) is 6.27. The van der Waals surface area contributed by atoms with Gasteiger partial charge in [0.25, 0.3) is 0 Å². The third-order valence-electron chi connectivity index (χ3n) is 3.55. The van der Waals surface area contributed by atoms with E-state index in [0.29, 0.717) is 6.10 Å². The van der Waals surface area contributed by atoms with Crippen LogP contribution in [-0.4, -0.2) is 25.8 Å². The van der Waals surface area contributed by atoms with E-state index in [9.17, 15) is 0 Å². The summed E-state index contributed by atoms with van der Waals surface area (Å²) >= 11 is 0. The maximum absolute atomic E-state index is 5.94. The molecule has 1 aliphatic carbocycles. The number of hydrogen-bond acceptors (Lipinski definition) is 2. The van der Waals surface area contributed by atoms with E-state index in [2.05, 4.69) is 5.32 Å². The lowest BCUT2D eigenvalue weighted by Crippen LogP contribution is -2.42. The van der Waals surface area contributed by atoms with Gasteiger partial charge >= 0.3 is 0 Å². The molecule has 0 amide bonds. The smallest absolute Gasteiger partial charge is 0.0575 e. The zero-order valence-electron chi connectivity index (χ0n) is 9.13. The van der Waals surface area contributed by atoms with Crippen molar-refractivity contribution in [3.8, 4) is 0 Å². The monoisotopic (exact) mass is 197 g/mol. The summed E-state index contributed by atoms with van der Waals surface area (Å²) in [4.78, 5) is 0. The highest BCUT2D eigenvalue weighted by Crippen LogP contribution is 2.20. The predicted molar refractivity (Wildman–Crippen MR) is 58.4 cm³/mol. The van der Waals surface area contributed by atoms with Crippen LogP contribution in [0.1, 0.15) is 44.9 Å². The van der Waals surface area contributed by atoms with E-state index in [0.717, 1.165) is 12.5 Å². The minimum Gasteiger partial charge on any atom is -0.378 e. The van der Waals surface area contributed by atoms with Crippen molar-refractivity contribution in [1.29, 1.82) is 0 Å². The molecule has 1 N–H and O–H groups in total. The summed E-state index contributed by atoms with van der Waals surface area (Å²) in [6.45, 7) is 3.43. The minimum absolute atomic E-state index is 0.588. The van der Waals surface area contributed by atoms with Gasteiger partial charge < -0.3 is 10.1 Å². The molecule has 82 valence electrons. The Morgan fingerprint density at radius 2 is 1.71 bits per heavy atom. The van der Waals surface area contributed by atoms with Crippen molar-refractivity contribution in [2.75, 3.05) is 19.7 Å². The fourth-order valence-electron chi connectivity index (χ4n) is 2.36. The van der Waals surface area contributed by atoms with Crippen LogP contribution in [0.3, 0.4) is 0 Å². The standard InChI is InChI=1S/C12H23NO/c1-2-4-6-12(5-3-1)14-8-7-11-9-13-10-11/h11-13H,1-10H2. The van der Waals surface area contributed by atoms with Crippen LogP contribution in [0, 0.1) is 5.92 Å². The summed E-state index contributed by atoms with van der Waals surface area (Å²) in [6, 6.07) is 0. The number of nitrogens with one attached hydrogen (secondary N) is 1. The Kier molecular flexibility index (Phi) is 4.26. The van der Waals surface area contributed by atoms with Gasteiger partial charge in [0.05, 0.1) is 6.10 Å². The van der Waals surface area contributed by atoms with Crippen molar-refractivity contribution in [2.24, 2.45) is 5.92 Å². The van der Waals surface area contributed by atoms with Gasteiger partial charge in [0.2, 0.25) is 0 Å². The lowest BCUT2D eigenvalue weighted by Gasteiger charge is -2.27. The van der Waals surface area contributed by atoms with Crippen molar-refractivity contribution in [2.45, 2.75) is 51.0 Å². The quantitative estimate of drug-likeness (QED) is 0.698. The van der Waals surface area contributed by atoms with E-state index in [1.54, 1.807) is 0 Å². The largest absolute Gasteiger partial charge is 0.378 e. The second-order valence-corrected chi connectivity index (χ2v) is 4.80. The summed E-state index contributed by atoms with van der Waals surface area (Å²) in [6.07, 6.45) is 10.1. The average Bonchev–Trinajstić information content (AvgIpc) is 2.37. The van der Waals surface area contributed by atoms with Crippen LogP contribution < -0.4 is 5.32 Å². The molecule has 1 saturated heterocycles. The molecule has 0 spiro atoms. The second kappa shape index (κ2) is 5.72. The molecule has 1 aliphatic heterocycles. The molecule has 0 aromatic rings. The number of ether oxygens (including phenoxy) is 1. The van der Waals surface area contributed by atoms with Crippen LogP contribution in [0.2, 0.25) is 0 Å². The van der Waals surface area contributed by atoms with Crippen LogP contribution in [0.25, 0.3) is 0 Å². The van der Waals surface area contributed by atoms with Gasteiger partial charge in [-0.1, -0.05) is 25.7 Å². The Balaban J connectivity index is 1.54. The van der Waals surface area contributed by atoms with Crippen LogP contribution in [-0.2, 0) is 4.74 Å². The third kappa shape index (κ3) is 3.25. The summed E-state index contributed by atoms with van der Waals surface area (Å²) in [5, 5.41) is 3.30. The summed E-state index contributed by atoms with van der Waals surface area (Å²) in [5.74, 6) is 0.903. The van der Waals surface area contributed by atoms with E-state index in [4.69, 9.17) is 4.74 Å². The molecule has 0 aromatic heterocycles. The van der Waals surface area contributed by atoms with Crippen molar-refractivity contribution in [1.82, 2.24) is 5.32 Å². The van der Waals surface area contributed by atoms with Gasteiger partial charge in [0, 0.05) is 6.61 Å². The fourth-order valence-corrected chi connectivity index (χ4v) is 2.36. The maximum atomic E-state index is 5.94. The molecule has 0 radical (unpaired) electrons. The Morgan fingerprint density at radius 1 is 1.00 bits per heavy atom. The van der Waals surface area contributed by atoms with Crippen LogP contribution in [0.5, 0.6) is 0 Å². The first-order chi connectivity index (χ1) is 6.95.